The summed E-state index contributed by atoms with van der Waals surface area (Å²) in [5.41, 5.74) is 2.82. The van der Waals surface area contributed by atoms with Crippen LogP contribution in [0.25, 0.3) is 0 Å². The Morgan fingerprint density at radius 3 is 2.36 bits per heavy atom. The minimum atomic E-state index is -0.459. The summed E-state index contributed by atoms with van der Waals surface area (Å²) in [5.74, 6) is 2.30. The molecule has 1 atom stereocenters. The first-order chi connectivity index (χ1) is 13.5. The van der Waals surface area contributed by atoms with Crippen LogP contribution in [0.15, 0.2) is 72.8 Å². The van der Waals surface area contributed by atoms with Gasteiger partial charge < -0.3 is 5.32 Å². The molecule has 0 amide bonds. The van der Waals surface area contributed by atoms with Crippen molar-refractivity contribution in [2.75, 3.05) is 5.32 Å². The van der Waals surface area contributed by atoms with E-state index in [1.54, 1.807) is 18.2 Å². The van der Waals surface area contributed by atoms with Crippen molar-refractivity contribution in [2.45, 2.75) is 31.6 Å². The average molecular weight is 375 g/mol. The van der Waals surface area contributed by atoms with Crippen LogP contribution in [-0.2, 0) is 11.8 Å². The molecule has 3 aromatic rings. The molecule has 1 nitrogen and oxygen atoms in total. The third-order valence-electron chi connectivity index (χ3n) is 5.03. The van der Waals surface area contributed by atoms with Crippen LogP contribution in [0.2, 0.25) is 0 Å². The van der Waals surface area contributed by atoms with Crippen LogP contribution in [0, 0.1) is 24.0 Å². The summed E-state index contributed by atoms with van der Waals surface area (Å²) >= 11 is 0. The van der Waals surface area contributed by atoms with Crippen LogP contribution >= 0.6 is 0 Å². The number of para-hydroxylation sites is 1. The van der Waals surface area contributed by atoms with E-state index in [0.717, 1.165) is 36.1 Å². The maximum atomic E-state index is 14.2. The summed E-state index contributed by atoms with van der Waals surface area (Å²) in [7, 11) is 0. The molecular formula is C25H23F2N. The molecule has 1 unspecified atom stereocenters. The van der Waals surface area contributed by atoms with Gasteiger partial charge in [0, 0.05) is 5.69 Å². The molecule has 0 spiro atoms. The van der Waals surface area contributed by atoms with E-state index < -0.39 is 5.41 Å². The highest BCUT2D eigenvalue weighted by molar-refractivity contribution is 5.60. The highest BCUT2D eigenvalue weighted by atomic mass is 19.1. The van der Waals surface area contributed by atoms with Gasteiger partial charge in [-0.3, -0.25) is 0 Å². The lowest BCUT2D eigenvalue weighted by molar-refractivity contribution is 0.531. The van der Waals surface area contributed by atoms with E-state index in [9.17, 15) is 8.78 Å². The second-order valence-electron chi connectivity index (χ2n) is 7.14. The number of rotatable bonds is 7. The monoisotopic (exact) mass is 375 g/mol. The quantitative estimate of drug-likeness (QED) is 0.458. The van der Waals surface area contributed by atoms with Crippen molar-refractivity contribution < 1.29 is 8.78 Å². The van der Waals surface area contributed by atoms with Crippen LogP contribution < -0.4 is 5.32 Å². The van der Waals surface area contributed by atoms with Gasteiger partial charge in [-0.15, -0.1) is 6.42 Å². The molecule has 0 saturated carbocycles. The standard InChI is InChI=1S/C25H23F2N/c1-3-25(2,20-12-14-21(26)15-13-20)17-7-8-19-11-16-23(27)24(18-19)28-22-9-5-4-6-10-22/h1,4-6,9-16,18,28H,7-8,17H2,2H3. The molecular weight excluding hydrogens is 352 g/mol. The molecule has 0 fully saturated rings. The summed E-state index contributed by atoms with van der Waals surface area (Å²) in [4.78, 5) is 0. The zero-order chi connectivity index (χ0) is 20.0. The van der Waals surface area contributed by atoms with Crippen molar-refractivity contribution in [3.05, 3.63) is 95.6 Å². The van der Waals surface area contributed by atoms with Gasteiger partial charge in [0.05, 0.1) is 11.1 Å². The Morgan fingerprint density at radius 2 is 1.68 bits per heavy atom. The molecule has 142 valence electrons. The molecule has 0 aliphatic rings. The van der Waals surface area contributed by atoms with Crippen molar-refractivity contribution in [3.8, 4) is 12.3 Å². The fraction of sp³-hybridized carbons (Fsp3) is 0.200. The lowest BCUT2D eigenvalue weighted by Gasteiger charge is -2.24. The summed E-state index contributed by atoms with van der Waals surface area (Å²) in [6.45, 7) is 1.99. The van der Waals surface area contributed by atoms with Crippen LogP contribution in [0.5, 0.6) is 0 Å². The van der Waals surface area contributed by atoms with E-state index in [2.05, 4.69) is 11.2 Å². The second-order valence-corrected chi connectivity index (χ2v) is 7.14. The summed E-state index contributed by atoms with van der Waals surface area (Å²) in [6.07, 6.45) is 8.16. The minimum absolute atomic E-state index is 0.270. The predicted octanol–water partition coefficient (Wildman–Crippen LogP) is 6.62. The second kappa shape index (κ2) is 8.71. The van der Waals surface area contributed by atoms with Gasteiger partial charge in [0.1, 0.15) is 11.6 Å². The lowest BCUT2D eigenvalue weighted by atomic mass is 9.78. The molecule has 1 N–H and O–H groups in total. The van der Waals surface area contributed by atoms with Crippen LogP contribution in [0.4, 0.5) is 20.2 Å². The van der Waals surface area contributed by atoms with E-state index >= 15 is 0 Å². The van der Waals surface area contributed by atoms with E-state index in [-0.39, 0.29) is 11.6 Å². The van der Waals surface area contributed by atoms with Gasteiger partial charge in [0.2, 0.25) is 0 Å². The van der Waals surface area contributed by atoms with Crippen molar-refractivity contribution in [3.63, 3.8) is 0 Å². The largest absolute Gasteiger partial charge is 0.353 e. The van der Waals surface area contributed by atoms with Crippen LogP contribution in [-0.4, -0.2) is 0 Å². The summed E-state index contributed by atoms with van der Waals surface area (Å²) in [6, 6.07) is 21.0. The zero-order valence-corrected chi connectivity index (χ0v) is 15.9. The normalized spacial score (nSPS) is 12.8. The number of hydrogen-bond acceptors (Lipinski definition) is 1. The number of hydrogen-bond donors (Lipinski definition) is 1. The molecule has 28 heavy (non-hydrogen) atoms. The molecule has 3 aromatic carbocycles. The predicted molar refractivity (Wildman–Crippen MR) is 112 cm³/mol. The lowest BCUT2D eigenvalue weighted by Crippen LogP contribution is -2.19. The maximum absolute atomic E-state index is 14.2. The van der Waals surface area contributed by atoms with Crippen LogP contribution in [0.1, 0.15) is 30.9 Å². The van der Waals surface area contributed by atoms with E-state index in [0.29, 0.717) is 5.69 Å². The van der Waals surface area contributed by atoms with Gasteiger partial charge in [-0.1, -0.05) is 42.3 Å². The molecule has 0 aliphatic heterocycles. The maximum Gasteiger partial charge on any atom is 0.146 e. The van der Waals surface area contributed by atoms with Crippen molar-refractivity contribution >= 4 is 11.4 Å². The molecule has 0 aromatic heterocycles. The first-order valence-corrected chi connectivity index (χ1v) is 9.34. The van der Waals surface area contributed by atoms with Crippen molar-refractivity contribution in [1.29, 1.82) is 0 Å². The third kappa shape index (κ3) is 4.78. The third-order valence-corrected chi connectivity index (χ3v) is 5.03. The topological polar surface area (TPSA) is 12.0 Å². The Bertz CT molecular complexity index is 958. The molecule has 0 bridgehead atoms. The van der Waals surface area contributed by atoms with Crippen molar-refractivity contribution in [1.82, 2.24) is 0 Å². The zero-order valence-electron chi connectivity index (χ0n) is 15.9. The van der Waals surface area contributed by atoms with Gasteiger partial charge in [-0.05, 0) is 73.7 Å². The Kier molecular flexibility index (Phi) is 6.11. The highest BCUT2D eigenvalue weighted by Crippen LogP contribution is 2.30. The smallest absolute Gasteiger partial charge is 0.146 e. The summed E-state index contributed by atoms with van der Waals surface area (Å²) in [5, 5.41) is 3.12. The van der Waals surface area contributed by atoms with Crippen molar-refractivity contribution in [2.24, 2.45) is 0 Å². The first kappa shape index (κ1) is 19.6. The van der Waals surface area contributed by atoms with Crippen LogP contribution in [0.3, 0.4) is 0 Å². The van der Waals surface area contributed by atoms with E-state index in [1.807, 2.05) is 43.3 Å². The average Bonchev–Trinajstić information content (AvgIpc) is 2.71. The Labute approximate surface area is 165 Å². The molecule has 0 radical (unpaired) electrons. The van der Waals surface area contributed by atoms with Gasteiger partial charge in [0.15, 0.2) is 0 Å². The molecule has 0 heterocycles. The number of halogens is 2. The molecule has 3 rings (SSSR count). The fourth-order valence-electron chi connectivity index (χ4n) is 3.26. The van der Waals surface area contributed by atoms with Gasteiger partial charge in [-0.25, -0.2) is 8.78 Å². The number of terminal acetylenes is 1. The molecule has 0 aliphatic carbocycles. The van der Waals surface area contributed by atoms with Gasteiger partial charge in [0.25, 0.3) is 0 Å². The van der Waals surface area contributed by atoms with E-state index in [1.165, 1.54) is 18.2 Å². The van der Waals surface area contributed by atoms with E-state index in [4.69, 9.17) is 6.42 Å². The van der Waals surface area contributed by atoms with Gasteiger partial charge >= 0.3 is 0 Å². The first-order valence-electron chi connectivity index (χ1n) is 9.34. The number of anilines is 2. The number of nitrogens with one attached hydrogen (secondary N) is 1. The summed E-state index contributed by atoms with van der Waals surface area (Å²) < 4.78 is 27.3. The molecule has 0 saturated heterocycles. The Morgan fingerprint density at radius 1 is 0.964 bits per heavy atom. The SMILES string of the molecule is C#CC(C)(CCCc1ccc(F)c(Nc2ccccc2)c1)c1ccc(F)cc1. The number of aryl methyl sites for hydroxylation is 1. The highest BCUT2D eigenvalue weighted by Gasteiger charge is 2.23. The molecule has 3 heteroatoms. The Hall–Kier alpha value is -3.12. The minimum Gasteiger partial charge on any atom is -0.353 e. The fourth-order valence-corrected chi connectivity index (χ4v) is 3.26. The van der Waals surface area contributed by atoms with Gasteiger partial charge in [-0.2, -0.15) is 0 Å². The number of benzene rings is 3. The Balaban J connectivity index is 1.66.